The summed E-state index contributed by atoms with van der Waals surface area (Å²) in [6.45, 7) is 0.888. The zero-order valence-electron chi connectivity index (χ0n) is 11.2. The number of rotatable bonds is 3. The molecule has 0 radical (unpaired) electrons. The van der Waals surface area contributed by atoms with Crippen molar-refractivity contribution in [3.8, 4) is 5.75 Å². The molecule has 1 fully saturated rings. The minimum absolute atomic E-state index is 0.0446. The molecule has 0 unspecified atom stereocenters. The molecule has 1 aliphatic heterocycles. The fourth-order valence-corrected chi connectivity index (χ4v) is 2.89. The summed E-state index contributed by atoms with van der Waals surface area (Å²) in [6, 6.07) is 3.69. The Bertz CT molecular complexity index is 494. The topological polar surface area (TPSA) is 21.3 Å². The largest absolute Gasteiger partial charge is 0.490 e. The van der Waals surface area contributed by atoms with Crippen molar-refractivity contribution < 1.29 is 17.9 Å². The summed E-state index contributed by atoms with van der Waals surface area (Å²) >= 11 is 0. The number of benzene rings is 1. The van der Waals surface area contributed by atoms with Crippen LogP contribution in [0.2, 0.25) is 0 Å². The molecule has 0 saturated heterocycles. The minimum atomic E-state index is -2.52. The van der Waals surface area contributed by atoms with E-state index in [-0.39, 0.29) is 24.7 Å². The fraction of sp³-hybridized carbons (Fsp3) is 0.600. The summed E-state index contributed by atoms with van der Waals surface area (Å²) in [6.07, 6.45) is 1.46. The highest BCUT2D eigenvalue weighted by atomic mass is 19.3. The van der Waals surface area contributed by atoms with Crippen LogP contribution in [0.4, 0.5) is 13.2 Å². The van der Waals surface area contributed by atoms with Crippen LogP contribution in [0.5, 0.6) is 5.75 Å². The van der Waals surface area contributed by atoms with Gasteiger partial charge in [-0.15, -0.1) is 0 Å². The van der Waals surface area contributed by atoms with Crippen LogP contribution in [0.15, 0.2) is 12.1 Å². The van der Waals surface area contributed by atoms with Gasteiger partial charge in [0, 0.05) is 43.0 Å². The van der Waals surface area contributed by atoms with Gasteiger partial charge in [0.15, 0.2) is 11.6 Å². The average molecular weight is 285 g/mol. The second-order valence-electron chi connectivity index (χ2n) is 5.64. The number of fused-ring (bicyclic) bond motifs is 1. The van der Waals surface area contributed by atoms with Crippen molar-refractivity contribution in [3.63, 3.8) is 0 Å². The van der Waals surface area contributed by atoms with E-state index in [1.54, 1.807) is 6.07 Å². The average Bonchev–Trinajstić information content (AvgIpc) is 2.89. The highest BCUT2D eigenvalue weighted by Gasteiger charge is 2.34. The van der Waals surface area contributed by atoms with Crippen molar-refractivity contribution in [1.82, 2.24) is 5.32 Å². The van der Waals surface area contributed by atoms with E-state index in [2.05, 4.69) is 5.32 Å². The Morgan fingerprint density at radius 2 is 2.00 bits per heavy atom. The molecule has 2 nitrogen and oxygen atoms in total. The molecular weight excluding hydrogens is 267 g/mol. The van der Waals surface area contributed by atoms with E-state index >= 15 is 0 Å². The maximum Gasteiger partial charge on any atom is 0.248 e. The van der Waals surface area contributed by atoms with E-state index in [1.165, 1.54) is 0 Å². The molecule has 0 amide bonds. The maximum absolute atomic E-state index is 14.2. The Labute approximate surface area is 116 Å². The second kappa shape index (κ2) is 5.28. The molecule has 1 N–H and O–H groups in total. The Kier molecular flexibility index (Phi) is 3.63. The predicted octanol–water partition coefficient (Wildman–Crippen LogP) is 3.43. The normalized spacial score (nSPS) is 21.6. The van der Waals surface area contributed by atoms with Crippen molar-refractivity contribution in [2.75, 3.05) is 6.61 Å². The van der Waals surface area contributed by atoms with E-state index in [9.17, 15) is 13.2 Å². The third-order valence-electron chi connectivity index (χ3n) is 4.17. The molecule has 1 aliphatic carbocycles. The molecule has 0 bridgehead atoms. The summed E-state index contributed by atoms with van der Waals surface area (Å²) in [5, 5.41) is 3.18. The van der Waals surface area contributed by atoms with Gasteiger partial charge in [-0.2, -0.15) is 0 Å². The zero-order chi connectivity index (χ0) is 14.2. The van der Waals surface area contributed by atoms with Gasteiger partial charge in [0.05, 0.1) is 6.61 Å². The van der Waals surface area contributed by atoms with Crippen molar-refractivity contribution in [2.45, 2.75) is 50.6 Å². The third-order valence-corrected chi connectivity index (χ3v) is 4.17. The number of hydrogen-bond acceptors (Lipinski definition) is 2. The van der Waals surface area contributed by atoms with Crippen LogP contribution in [-0.2, 0) is 13.0 Å². The Morgan fingerprint density at radius 1 is 1.25 bits per heavy atom. The maximum atomic E-state index is 14.2. The lowest BCUT2D eigenvalue weighted by molar-refractivity contribution is -0.0405. The Morgan fingerprint density at radius 3 is 2.75 bits per heavy atom. The molecular formula is C15H18F3NO. The zero-order valence-corrected chi connectivity index (χ0v) is 11.2. The predicted molar refractivity (Wildman–Crippen MR) is 69.6 cm³/mol. The molecule has 5 heteroatoms. The quantitative estimate of drug-likeness (QED) is 0.918. The van der Waals surface area contributed by atoms with Crippen molar-refractivity contribution in [1.29, 1.82) is 0 Å². The lowest BCUT2D eigenvalue weighted by atomic mass is 9.92. The van der Waals surface area contributed by atoms with Crippen molar-refractivity contribution >= 4 is 0 Å². The van der Waals surface area contributed by atoms with E-state index in [4.69, 9.17) is 4.74 Å². The van der Waals surface area contributed by atoms with Gasteiger partial charge < -0.3 is 10.1 Å². The molecule has 1 saturated carbocycles. The number of alkyl halides is 2. The van der Waals surface area contributed by atoms with Gasteiger partial charge in [-0.1, -0.05) is 12.1 Å². The smallest absolute Gasteiger partial charge is 0.248 e. The van der Waals surface area contributed by atoms with Gasteiger partial charge >= 0.3 is 0 Å². The van der Waals surface area contributed by atoms with Crippen LogP contribution in [0.1, 0.15) is 36.8 Å². The van der Waals surface area contributed by atoms with Crippen molar-refractivity contribution in [2.24, 2.45) is 0 Å². The van der Waals surface area contributed by atoms with E-state index in [0.29, 0.717) is 37.3 Å². The molecule has 20 heavy (non-hydrogen) atoms. The lowest BCUT2D eigenvalue weighted by Crippen LogP contribution is -2.36. The molecule has 1 heterocycles. The highest BCUT2D eigenvalue weighted by Crippen LogP contribution is 2.34. The first-order valence-electron chi connectivity index (χ1n) is 7.09. The summed E-state index contributed by atoms with van der Waals surface area (Å²) in [7, 11) is 0. The second-order valence-corrected chi connectivity index (χ2v) is 5.64. The number of ether oxygens (including phenoxy) is 1. The molecule has 0 atom stereocenters. The van der Waals surface area contributed by atoms with Gasteiger partial charge in [0.25, 0.3) is 0 Å². The first-order valence-corrected chi connectivity index (χ1v) is 7.09. The highest BCUT2D eigenvalue weighted by molar-refractivity contribution is 5.41. The number of halogens is 3. The van der Waals surface area contributed by atoms with Gasteiger partial charge in [-0.05, 0) is 12.8 Å². The van der Waals surface area contributed by atoms with Gasteiger partial charge in [-0.3, -0.25) is 0 Å². The summed E-state index contributed by atoms with van der Waals surface area (Å²) in [5.41, 5.74) is 1.45. The monoisotopic (exact) mass is 285 g/mol. The van der Waals surface area contributed by atoms with E-state index in [1.807, 2.05) is 6.07 Å². The SMILES string of the molecule is Fc1c(CNC2CCC(F)(F)CC2)ccc2c1OCC2. The summed E-state index contributed by atoms with van der Waals surface area (Å²) in [5.74, 6) is -2.47. The molecule has 3 rings (SSSR count). The first kappa shape index (κ1) is 13.7. The molecule has 2 aliphatic rings. The number of hydrogen-bond donors (Lipinski definition) is 1. The standard InChI is InChI=1S/C15H18F3NO/c16-13-11(2-1-10-5-8-20-14(10)13)9-19-12-3-6-15(17,18)7-4-12/h1-2,12,19H,3-9H2. The molecule has 0 aromatic heterocycles. The minimum Gasteiger partial charge on any atom is -0.490 e. The van der Waals surface area contributed by atoms with Crippen LogP contribution in [0.3, 0.4) is 0 Å². The van der Waals surface area contributed by atoms with Crippen LogP contribution < -0.4 is 10.1 Å². The molecule has 1 aromatic rings. The Balaban J connectivity index is 1.59. The Hall–Kier alpha value is -1.23. The van der Waals surface area contributed by atoms with E-state index in [0.717, 1.165) is 12.0 Å². The molecule has 110 valence electrons. The van der Waals surface area contributed by atoms with Crippen LogP contribution >= 0.6 is 0 Å². The third kappa shape index (κ3) is 2.77. The van der Waals surface area contributed by atoms with Crippen LogP contribution in [0.25, 0.3) is 0 Å². The van der Waals surface area contributed by atoms with Gasteiger partial charge in [-0.25, -0.2) is 13.2 Å². The molecule has 1 aromatic carbocycles. The fourth-order valence-electron chi connectivity index (χ4n) is 2.89. The molecule has 0 spiro atoms. The van der Waals surface area contributed by atoms with Gasteiger partial charge in [0.2, 0.25) is 5.92 Å². The first-order chi connectivity index (χ1) is 9.55. The van der Waals surface area contributed by atoms with Crippen molar-refractivity contribution in [3.05, 3.63) is 29.1 Å². The number of nitrogens with one attached hydrogen (secondary N) is 1. The van der Waals surface area contributed by atoms with Crippen LogP contribution in [-0.4, -0.2) is 18.6 Å². The summed E-state index contributed by atoms with van der Waals surface area (Å²) in [4.78, 5) is 0. The van der Waals surface area contributed by atoms with Crippen LogP contribution in [0, 0.1) is 5.82 Å². The van der Waals surface area contributed by atoms with E-state index < -0.39 is 5.92 Å². The lowest BCUT2D eigenvalue weighted by Gasteiger charge is -2.29. The van der Waals surface area contributed by atoms with Gasteiger partial charge in [0.1, 0.15) is 0 Å². The summed E-state index contributed by atoms with van der Waals surface area (Å²) < 4.78 is 45.6.